The molecule has 2 saturated heterocycles. The predicted octanol–water partition coefficient (Wildman–Crippen LogP) is 0.939. The van der Waals surface area contributed by atoms with Gasteiger partial charge in [0.2, 0.25) is 5.91 Å². The average molecular weight is 395 g/mol. The van der Waals surface area contributed by atoms with Crippen LogP contribution >= 0.6 is 0 Å². The molecule has 2 aliphatic heterocycles. The Morgan fingerprint density at radius 1 is 1.26 bits per heavy atom. The number of morpholine rings is 1. The second kappa shape index (κ2) is 8.32. The standard InChI is InChI=1S/C15H27N3O2.C2HF3O2/c1-11(2)18-9-15(10-18)8-17(6-12-4-5-12)13(7-20-15)14(19)16-3;3-2(4,5)1(6)7/h11-13H,4-10H2,1-3H3,(H,16,19);(H,6,7). The molecular weight excluding hydrogens is 367 g/mol. The average Bonchev–Trinajstić information content (AvgIpc) is 3.35. The van der Waals surface area contributed by atoms with E-state index in [-0.39, 0.29) is 17.6 Å². The number of likely N-dealkylation sites (tertiary alicyclic amines) is 1. The van der Waals surface area contributed by atoms with E-state index in [1.807, 2.05) is 0 Å². The molecule has 10 heteroatoms. The Bertz CT molecular complexity index is 546. The lowest BCUT2D eigenvalue weighted by molar-refractivity contribution is -0.206. The summed E-state index contributed by atoms with van der Waals surface area (Å²) < 4.78 is 37.8. The van der Waals surface area contributed by atoms with Crippen LogP contribution in [0.15, 0.2) is 0 Å². The van der Waals surface area contributed by atoms with Gasteiger partial charge in [-0.05, 0) is 32.6 Å². The maximum atomic E-state index is 12.0. The van der Waals surface area contributed by atoms with E-state index in [2.05, 4.69) is 29.0 Å². The molecule has 1 spiro atoms. The van der Waals surface area contributed by atoms with Crippen molar-refractivity contribution in [1.82, 2.24) is 15.1 Å². The lowest BCUT2D eigenvalue weighted by Crippen LogP contribution is -2.73. The number of carbonyl (C=O) groups is 2. The van der Waals surface area contributed by atoms with Gasteiger partial charge in [-0.15, -0.1) is 0 Å². The van der Waals surface area contributed by atoms with Crippen molar-refractivity contribution in [3.05, 3.63) is 0 Å². The molecule has 7 nitrogen and oxygen atoms in total. The molecule has 1 aliphatic carbocycles. The smallest absolute Gasteiger partial charge is 0.475 e. The fourth-order valence-electron chi connectivity index (χ4n) is 3.37. The maximum Gasteiger partial charge on any atom is 0.490 e. The zero-order valence-corrected chi connectivity index (χ0v) is 15.9. The highest BCUT2D eigenvalue weighted by Gasteiger charge is 2.51. The molecule has 0 radical (unpaired) electrons. The number of ether oxygens (including phenoxy) is 1. The van der Waals surface area contributed by atoms with Gasteiger partial charge >= 0.3 is 12.1 Å². The number of likely N-dealkylation sites (N-methyl/N-ethyl adjacent to an activating group) is 1. The van der Waals surface area contributed by atoms with Crippen molar-refractivity contribution < 1.29 is 32.6 Å². The highest BCUT2D eigenvalue weighted by molar-refractivity contribution is 5.81. The Hall–Kier alpha value is -1.39. The van der Waals surface area contributed by atoms with Crippen LogP contribution in [0.2, 0.25) is 0 Å². The molecule has 1 unspecified atom stereocenters. The first kappa shape index (κ1) is 21.9. The van der Waals surface area contributed by atoms with E-state index >= 15 is 0 Å². The van der Waals surface area contributed by atoms with Crippen LogP contribution in [-0.2, 0) is 14.3 Å². The van der Waals surface area contributed by atoms with Gasteiger partial charge in [0.25, 0.3) is 0 Å². The fourth-order valence-corrected chi connectivity index (χ4v) is 3.37. The number of hydrogen-bond acceptors (Lipinski definition) is 5. The van der Waals surface area contributed by atoms with Crippen molar-refractivity contribution in [2.24, 2.45) is 5.92 Å². The van der Waals surface area contributed by atoms with E-state index in [1.54, 1.807) is 7.05 Å². The van der Waals surface area contributed by atoms with Crippen LogP contribution in [-0.4, -0.2) is 90.5 Å². The number of carbonyl (C=O) groups excluding carboxylic acids is 1. The van der Waals surface area contributed by atoms with Crippen LogP contribution < -0.4 is 5.32 Å². The second-order valence-corrected chi connectivity index (χ2v) is 7.80. The third kappa shape index (κ3) is 5.79. The van der Waals surface area contributed by atoms with Crippen LogP contribution in [0.1, 0.15) is 26.7 Å². The molecule has 0 aromatic rings. The van der Waals surface area contributed by atoms with Crippen LogP contribution in [0.3, 0.4) is 0 Å². The lowest BCUT2D eigenvalue weighted by Gasteiger charge is -2.56. The highest BCUT2D eigenvalue weighted by Crippen LogP contribution is 2.36. The van der Waals surface area contributed by atoms with Crippen molar-refractivity contribution in [3.63, 3.8) is 0 Å². The van der Waals surface area contributed by atoms with Gasteiger partial charge in [0, 0.05) is 39.3 Å². The first-order valence-electron chi connectivity index (χ1n) is 9.11. The molecule has 2 N–H and O–H groups in total. The molecule has 0 bridgehead atoms. The summed E-state index contributed by atoms with van der Waals surface area (Å²) in [6.07, 6.45) is -2.44. The van der Waals surface area contributed by atoms with Gasteiger partial charge < -0.3 is 15.2 Å². The van der Waals surface area contributed by atoms with E-state index in [4.69, 9.17) is 14.6 Å². The number of carboxylic acids is 1. The molecule has 27 heavy (non-hydrogen) atoms. The summed E-state index contributed by atoms with van der Waals surface area (Å²) in [5.41, 5.74) is -0.0241. The molecule has 1 atom stereocenters. The molecule has 3 rings (SSSR count). The molecule has 0 aromatic heterocycles. The van der Waals surface area contributed by atoms with Gasteiger partial charge in [-0.2, -0.15) is 13.2 Å². The number of amides is 1. The zero-order valence-electron chi connectivity index (χ0n) is 15.9. The van der Waals surface area contributed by atoms with Gasteiger partial charge in [-0.3, -0.25) is 14.6 Å². The van der Waals surface area contributed by atoms with Gasteiger partial charge in [0.1, 0.15) is 11.6 Å². The largest absolute Gasteiger partial charge is 0.490 e. The Labute approximate surface area is 156 Å². The second-order valence-electron chi connectivity index (χ2n) is 7.80. The summed E-state index contributed by atoms with van der Waals surface area (Å²) in [5, 5.41) is 9.90. The zero-order chi connectivity index (χ0) is 20.4. The topological polar surface area (TPSA) is 82.1 Å². The Morgan fingerprint density at radius 3 is 2.22 bits per heavy atom. The summed E-state index contributed by atoms with van der Waals surface area (Å²) in [4.78, 5) is 25.7. The summed E-state index contributed by atoms with van der Waals surface area (Å²) in [6.45, 7) is 8.97. The molecule has 156 valence electrons. The summed E-state index contributed by atoms with van der Waals surface area (Å²) >= 11 is 0. The quantitative estimate of drug-likeness (QED) is 0.737. The maximum absolute atomic E-state index is 12.0. The number of carboxylic acid groups (broad SMARTS) is 1. The Morgan fingerprint density at radius 2 is 1.81 bits per heavy atom. The number of aliphatic carboxylic acids is 1. The molecular formula is C17H28F3N3O4. The van der Waals surface area contributed by atoms with E-state index in [1.165, 1.54) is 12.8 Å². The van der Waals surface area contributed by atoms with E-state index in [0.29, 0.717) is 12.6 Å². The SMILES string of the molecule is CNC(=O)C1COC2(CN(C(C)C)C2)CN1CC1CC1.O=C(O)C(F)(F)F. The normalized spacial score (nSPS) is 25.5. The Balaban J connectivity index is 0.000000321. The predicted molar refractivity (Wildman–Crippen MR) is 91.2 cm³/mol. The highest BCUT2D eigenvalue weighted by atomic mass is 19.4. The lowest BCUT2D eigenvalue weighted by atomic mass is 9.89. The van der Waals surface area contributed by atoms with Crippen molar-refractivity contribution in [2.45, 2.75) is 50.6 Å². The van der Waals surface area contributed by atoms with Crippen molar-refractivity contribution in [2.75, 3.05) is 39.8 Å². The fraction of sp³-hybridized carbons (Fsp3) is 0.882. The summed E-state index contributed by atoms with van der Waals surface area (Å²) in [6, 6.07) is 0.483. The summed E-state index contributed by atoms with van der Waals surface area (Å²) in [5.74, 6) is -1.85. The van der Waals surface area contributed by atoms with Gasteiger partial charge in [-0.1, -0.05) is 0 Å². The van der Waals surface area contributed by atoms with Gasteiger partial charge in [0.15, 0.2) is 0 Å². The first-order chi connectivity index (χ1) is 12.5. The summed E-state index contributed by atoms with van der Waals surface area (Å²) in [7, 11) is 1.71. The molecule has 0 aromatic carbocycles. The number of hydrogen-bond donors (Lipinski definition) is 2. The minimum absolute atomic E-state index is 0.0241. The minimum atomic E-state index is -5.08. The van der Waals surface area contributed by atoms with Crippen LogP contribution in [0, 0.1) is 5.92 Å². The third-order valence-corrected chi connectivity index (χ3v) is 5.17. The van der Waals surface area contributed by atoms with Crippen LogP contribution in [0.4, 0.5) is 13.2 Å². The number of rotatable bonds is 4. The van der Waals surface area contributed by atoms with Gasteiger partial charge in [0.05, 0.1) is 6.61 Å². The molecule has 2 heterocycles. The van der Waals surface area contributed by atoms with E-state index in [0.717, 1.165) is 32.1 Å². The minimum Gasteiger partial charge on any atom is -0.475 e. The molecule has 3 fully saturated rings. The van der Waals surface area contributed by atoms with Crippen LogP contribution in [0.5, 0.6) is 0 Å². The molecule has 1 saturated carbocycles. The van der Waals surface area contributed by atoms with E-state index in [9.17, 15) is 18.0 Å². The number of nitrogens with zero attached hydrogens (tertiary/aromatic N) is 2. The van der Waals surface area contributed by atoms with Crippen molar-refractivity contribution in [3.8, 4) is 0 Å². The van der Waals surface area contributed by atoms with Gasteiger partial charge in [-0.25, -0.2) is 4.79 Å². The number of halogens is 3. The Kier molecular flexibility index (Phi) is 6.75. The third-order valence-electron chi connectivity index (χ3n) is 5.17. The number of nitrogens with one attached hydrogen (secondary N) is 1. The first-order valence-corrected chi connectivity index (χ1v) is 9.11. The molecule has 1 amide bonds. The molecule has 3 aliphatic rings. The van der Waals surface area contributed by atoms with E-state index < -0.39 is 12.1 Å². The van der Waals surface area contributed by atoms with Crippen molar-refractivity contribution >= 4 is 11.9 Å². The van der Waals surface area contributed by atoms with Crippen molar-refractivity contribution in [1.29, 1.82) is 0 Å². The monoisotopic (exact) mass is 395 g/mol. The number of alkyl halides is 3. The van der Waals surface area contributed by atoms with Crippen LogP contribution in [0.25, 0.3) is 0 Å².